The van der Waals surface area contributed by atoms with Gasteiger partial charge in [-0.3, -0.25) is 4.98 Å². The maximum Gasteiger partial charge on any atom is 0.148 e. The first kappa shape index (κ1) is 15.2. The molecule has 0 aromatic carbocycles. The third-order valence-electron chi connectivity index (χ3n) is 3.12. The third kappa shape index (κ3) is 3.66. The minimum Gasteiger partial charge on any atom is -0.364 e. The normalized spacial score (nSPS) is 11.3. The smallest absolute Gasteiger partial charge is 0.148 e. The van der Waals surface area contributed by atoms with Gasteiger partial charge < -0.3 is 10.7 Å². The average molecular weight is 286 g/mol. The van der Waals surface area contributed by atoms with Gasteiger partial charge in [-0.1, -0.05) is 26.8 Å². The van der Waals surface area contributed by atoms with E-state index in [2.05, 4.69) is 46.5 Å². The quantitative estimate of drug-likeness (QED) is 0.590. The summed E-state index contributed by atoms with van der Waals surface area (Å²) in [5.74, 6) is 7.71. The van der Waals surface area contributed by atoms with E-state index in [1.807, 2.05) is 25.1 Å². The van der Waals surface area contributed by atoms with Crippen molar-refractivity contribution in [1.82, 2.24) is 15.0 Å². The molecular weight excluding hydrogens is 264 g/mol. The molecule has 0 spiro atoms. The molecule has 0 atom stereocenters. The van der Waals surface area contributed by atoms with Crippen molar-refractivity contribution >= 4 is 11.6 Å². The summed E-state index contributed by atoms with van der Waals surface area (Å²) in [6.07, 6.45) is 1.78. The van der Waals surface area contributed by atoms with Gasteiger partial charge in [0.25, 0.3) is 0 Å². The van der Waals surface area contributed by atoms with Crippen molar-refractivity contribution in [3.8, 4) is 0 Å². The van der Waals surface area contributed by atoms with Crippen LogP contribution in [0, 0.1) is 6.92 Å². The molecule has 112 valence electrons. The second-order valence-electron chi connectivity index (χ2n) is 5.94. The molecule has 0 unspecified atom stereocenters. The van der Waals surface area contributed by atoms with E-state index in [0.29, 0.717) is 12.4 Å². The molecule has 0 aliphatic carbocycles. The Balaban J connectivity index is 2.29. The van der Waals surface area contributed by atoms with E-state index in [1.54, 1.807) is 6.20 Å². The van der Waals surface area contributed by atoms with Crippen LogP contribution in [0.4, 0.5) is 11.6 Å². The van der Waals surface area contributed by atoms with E-state index < -0.39 is 0 Å². The lowest BCUT2D eigenvalue weighted by Crippen LogP contribution is -2.21. The zero-order valence-electron chi connectivity index (χ0n) is 12.9. The van der Waals surface area contributed by atoms with Crippen LogP contribution in [0.2, 0.25) is 0 Å². The standard InChI is InChI=1S/C15H22N6/c1-10-12(18-9-11-7-5-6-8-17-11)19-14(15(2,3)4)20-13(10)21-16/h5-8H,9,16H2,1-4H3,(H2,18,19,20,21). The van der Waals surface area contributed by atoms with Crippen LogP contribution in [0.3, 0.4) is 0 Å². The molecule has 2 aromatic heterocycles. The van der Waals surface area contributed by atoms with Crippen molar-refractivity contribution in [2.75, 3.05) is 10.7 Å². The third-order valence-corrected chi connectivity index (χ3v) is 3.12. The summed E-state index contributed by atoms with van der Waals surface area (Å²) in [4.78, 5) is 13.4. The van der Waals surface area contributed by atoms with Gasteiger partial charge in [0, 0.05) is 17.2 Å². The van der Waals surface area contributed by atoms with Gasteiger partial charge in [0.1, 0.15) is 17.5 Å². The molecule has 0 aliphatic heterocycles. The lowest BCUT2D eigenvalue weighted by atomic mass is 9.95. The lowest BCUT2D eigenvalue weighted by Gasteiger charge is -2.20. The molecule has 2 heterocycles. The molecule has 21 heavy (non-hydrogen) atoms. The maximum absolute atomic E-state index is 5.56. The van der Waals surface area contributed by atoms with Gasteiger partial charge in [-0.15, -0.1) is 0 Å². The SMILES string of the molecule is Cc1c(NN)nc(C(C)(C)C)nc1NCc1ccccn1. The summed E-state index contributed by atoms with van der Waals surface area (Å²) in [7, 11) is 0. The number of hydrogen-bond acceptors (Lipinski definition) is 6. The number of nitrogen functional groups attached to an aromatic ring is 1. The summed E-state index contributed by atoms with van der Waals surface area (Å²) in [5.41, 5.74) is 4.33. The molecule has 6 nitrogen and oxygen atoms in total. The molecule has 0 radical (unpaired) electrons. The Bertz CT molecular complexity index is 604. The molecule has 2 aromatic rings. The average Bonchev–Trinajstić information content (AvgIpc) is 2.46. The first-order valence-corrected chi connectivity index (χ1v) is 6.91. The number of pyridine rings is 1. The molecule has 0 bridgehead atoms. The van der Waals surface area contributed by atoms with Crippen LogP contribution in [0.15, 0.2) is 24.4 Å². The zero-order valence-corrected chi connectivity index (χ0v) is 12.9. The molecule has 4 N–H and O–H groups in total. The summed E-state index contributed by atoms with van der Waals surface area (Å²) >= 11 is 0. The van der Waals surface area contributed by atoms with Gasteiger partial charge in [-0.25, -0.2) is 15.8 Å². The summed E-state index contributed by atoms with van der Waals surface area (Å²) in [5, 5.41) is 3.31. The van der Waals surface area contributed by atoms with E-state index in [-0.39, 0.29) is 5.41 Å². The van der Waals surface area contributed by atoms with Crippen molar-refractivity contribution in [2.24, 2.45) is 5.84 Å². The second-order valence-corrected chi connectivity index (χ2v) is 5.94. The van der Waals surface area contributed by atoms with Gasteiger partial charge in [0.2, 0.25) is 0 Å². The van der Waals surface area contributed by atoms with Gasteiger partial charge in [0.15, 0.2) is 0 Å². The number of nitrogens with two attached hydrogens (primary N) is 1. The second kappa shape index (κ2) is 6.05. The summed E-state index contributed by atoms with van der Waals surface area (Å²) < 4.78 is 0. The molecule has 2 rings (SSSR count). The molecule has 0 saturated heterocycles. The highest BCUT2D eigenvalue weighted by Gasteiger charge is 2.20. The predicted molar refractivity (Wildman–Crippen MR) is 84.8 cm³/mol. The van der Waals surface area contributed by atoms with Crippen LogP contribution in [0.5, 0.6) is 0 Å². The highest BCUT2D eigenvalue weighted by molar-refractivity contribution is 5.57. The first-order chi connectivity index (χ1) is 9.91. The predicted octanol–water partition coefficient (Wildman–Crippen LogP) is 2.38. The minimum absolute atomic E-state index is 0.152. The Kier molecular flexibility index (Phi) is 4.37. The minimum atomic E-state index is -0.152. The highest BCUT2D eigenvalue weighted by Crippen LogP contribution is 2.26. The lowest BCUT2D eigenvalue weighted by molar-refractivity contribution is 0.546. The Labute approximate surface area is 125 Å². The first-order valence-electron chi connectivity index (χ1n) is 6.91. The fraction of sp³-hybridized carbons (Fsp3) is 0.400. The Morgan fingerprint density at radius 2 is 1.86 bits per heavy atom. The zero-order chi connectivity index (χ0) is 15.5. The Morgan fingerprint density at radius 3 is 2.43 bits per heavy atom. The number of nitrogens with zero attached hydrogens (tertiary/aromatic N) is 3. The molecule has 6 heteroatoms. The number of rotatable bonds is 4. The van der Waals surface area contributed by atoms with Gasteiger partial charge in [-0.05, 0) is 19.1 Å². The fourth-order valence-corrected chi connectivity index (χ4v) is 1.84. The van der Waals surface area contributed by atoms with Crippen LogP contribution in [-0.2, 0) is 12.0 Å². The van der Waals surface area contributed by atoms with E-state index in [1.165, 1.54) is 0 Å². The van der Waals surface area contributed by atoms with E-state index in [4.69, 9.17) is 5.84 Å². The van der Waals surface area contributed by atoms with Crippen LogP contribution in [0.25, 0.3) is 0 Å². The molecule has 0 saturated carbocycles. The van der Waals surface area contributed by atoms with Crippen LogP contribution < -0.4 is 16.6 Å². The Hall–Kier alpha value is -2.21. The van der Waals surface area contributed by atoms with Crippen LogP contribution >= 0.6 is 0 Å². The molecule has 0 amide bonds. The monoisotopic (exact) mass is 286 g/mol. The molecular formula is C15H22N6. The van der Waals surface area contributed by atoms with E-state index >= 15 is 0 Å². The fourth-order valence-electron chi connectivity index (χ4n) is 1.84. The number of hydrazine groups is 1. The number of aromatic nitrogens is 3. The van der Waals surface area contributed by atoms with Crippen molar-refractivity contribution < 1.29 is 0 Å². The summed E-state index contributed by atoms with van der Waals surface area (Å²) in [6.45, 7) is 8.75. The summed E-state index contributed by atoms with van der Waals surface area (Å²) in [6, 6.07) is 5.83. The van der Waals surface area contributed by atoms with Crippen molar-refractivity contribution in [1.29, 1.82) is 0 Å². The van der Waals surface area contributed by atoms with Gasteiger partial charge in [-0.2, -0.15) is 0 Å². The Morgan fingerprint density at radius 1 is 1.14 bits per heavy atom. The van der Waals surface area contributed by atoms with Gasteiger partial charge >= 0.3 is 0 Å². The van der Waals surface area contributed by atoms with E-state index in [0.717, 1.165) is 22.9 Å². The maximum atomic E-state index is 5.56. The molecule has 0 aliphatic rings. The van der Waals surface area contributed by atoms with Crippen LogP contribution in [0.1, 0.15) is 37.9 Å². The van der Waals surface area contributed by atoms with Gasteiger partial charge in [0.05, 0.1) is 12.2 Å². The highest BCUT2D eigenvalue weighted by atomic mass is 15.3. The largest absolute Gasteiger partial charge is 0.364 e. The number of hydrogen-bond donors (Lipinski definition) is 3. The van der Waals surface area contributed by atoms with Crippen molar-refractivity contribution in [2.45, 2.75) is 39.7 Å². The van der Waals surface area contributed by atoms with Crippen molar-refractivity contribution in [3.63, 3.8) is 0 Å². The van der Waals surface area contributed by atoms with Crippen LogP contribution in [-0.4, -0.2) is 15.0 Å². The van der Waals surface area contributed by atoms with Crippen molar-refractivity contribution in [3.05, 3.63) is 41.5 Å². The van der Waals surface area contributed by atoms with E-state index in [9.17, 15) is 0 Å². The number of nitrogens with one attached hydrogen (secondary N) is 2. The number of anilines is 2. The topological polar surface area (TPSA) is 88.8 Å². The molecule has 0 fully saturated rings.